The van der Waals surface area contributed by atoms with Crippen molar-refractivity contribution in [3.63, 3.8) is 0 Å². The van der Waals surface area contributed by atoms with Gasteiger partial charge < -0.3 is 41.0 Å². The molecular formula is C4H10O8Zn. The number of aliphatic carboxylic acids is 2. The molecule has 76 valence electrons. The predicted octanol–water partition coefficient (Wildman–Crippen LogP) is -6.19. The van der Waals surface area contributed by atoms with Crippen molar-refractivity contribution in [2.24, 2.45) is 0 Å². The monoisotopic (exact) mass is 250 g/mol. The molecule has 0 spiro atoms. The van der Waals surface area contributed by atoms with Gasteiger partial charge in [-0.3, -0.25) is 0 Å². The van der Waals surface area contributed by atoms with Gasteiger partial charge in [0.1, 0.15) is 0 Å². The molecule has 0 fully saturated rings. The second-order valence-electron chi connectivity index (χ2n) is 1.06. The molecule has 0 rings (SSSR count). The number of hydrogen-bond donors (Lipinski definition) is 2. The van der Waals surface area contributed by atoms with E-state index < -0.39 is 25.2 Å². The molecule has 0 aliphatic heterocycles. The first kappa shape index (κ1) is 29.4. The van der Waals surface area contributed by atoms with E-state index in [0.29, 0.717) is 0 Å². The van der Waals surface area contributed by atoms with Gasteiger partial charge in [-0.1, -0.05) is 0 Å². The third-order valence-corrected chi connectivity index (χ3v) is 0.258. The zero-order valence-corrected chi connectivity index (χ0v) is 9.62. The summed E-state index contributed by atoms with van der Waals surface area (Å²) in [6, 6.07) is 0. The van der Waals surface area contributed by atoms with Gasteiger partial charge in [-0.15, -0.1) is 0 Å². The van der Waals surface area contributed by atoms with E-state index in [9.17, 15) is 0 Å². The third kappa shape index (κ3) is 87.1. The quantitative estimate of drug-likeness (QED) is 0.460. The van der Waals surface area contributed by atoms with Crippen LogP contribution >= 0.6 is 0 Å². The van der Waals surface area contributed by atoms with Gasteiger partial charge >= 0.3 is 19.5 Å². The molecule has 9 heteroatoms. The zero-order valence-electron chi connectivity index (χ0n) is 6.65. The minimum atomic E-state index is -1.44. The minimum absolute atomic E-state index is 0. The van der Waals surface area contributed by atoms with Crippen molar-refractivity contribution >= 4 is 11.9 Å². The maximum absolute atomic E-state index is 9.01. The van der Waals surface area contributed by atoms with Crippen molar-refractivity contribution in [2.45, 2.75) is 0 Å². The van der Waals surface area contributed by atoms with Crippen LogP contribution in [0, 0.1) is 0 Å². The molecule has 8 nitrogen and oxygen atoms in total. The molecule has 0 heterocycles. The van der Waals surface area contributed by atoms with Gasteiger partial charge in [-0.25, -0.2) is 0 Å². The van der Waals surface area contributed by atoms with Gasteiger partial charge in [0, 0.05) is 0 Å². The summed E-state index contributed by atoms with van der Waals surface area (Å²) in [6.45, 7) is -1.78. The van der Waals surface area contributed by atoms with E-state index in [4.69, 9.17) is 30.0 Å². The Kier molecular flexibility index (Phi) is 51.0. The van der Waals surface area contributed by atoms with Crippen molar-refractivity contribution in [1.29, 1.82) is 0 Å². The summed E-state index contributed by atoms with van der Waals surface area (Å²) in [5.74, 6) is -2.88. The Morgan fingerprint density at radius 1 is 0.923 bits per heavy atom. The number of hydrogen-bond acceptors (Lipinski definition) is 6. The first-order valence-corrected chi connectivity index (χ1v) is 2.16. The third-order valence-electron chi connectivity index (χ3n) is 0.258. The summed E-state index contributed by atoms with van der Waals surface area (Å²) in [7, 11) is 0. The fourth-order valence-electron chi connectivity index (χ4n) is 0. The van der Waals surface area contributed by atoms with Gasteiger partial charge in [0.15, 0.2) is 0 Å². The van der Waals surface area contributed by atoms with Crippen LogP contribution in [0.15, 0.2) is 0 Å². The number of rotatable bonds is 2. The Bertz CT molecular complexity index is 101. The molecule has 0 unspecified atom stereocenters. The van der Waals surface area contributed by atoms with E-state index in [-0.39, 0.29) is 30.4 Å². The maximum Gasteiger partial charge on any atom is 2.00 e. The molecule has 13 heavy (non-hydrogen) atoms. The summed E-state index contributed by atoms with van der Waals surface area (Å²) < 4.78 is 0. The second-order valence-corrected chi connectivity index (χ2v) is 1.06. The SMILES string of the molecule is O.O.O=C([O-])CO.O=C([O-])CO.[Zn+2]. The second kappa shape index (κ2) is 22.5. The van der Waals surface area contributed by atoms with Crippen LogP contribution < -0.4 is 10.2 Å². The smallest absolute Gasteiger partial charge is 0.548 e. The number of aliphatic hydroxyl groups is 2. The van der Waals surface area contributed by atoms with Crippen LogP contribution in [0.1, 0.15) is 0 Å². The molecule has 0 aromatic heterocycles. The Hall–Kier alpha value is -0.597. The molecular weight excluding hydrogens is 241 g/mol. The van der Waals surface area contributed by atoms with Crippen LogP contribution in [-0.2, 0) is 29.1 Å². The fraction of sp³-hybridized carbons (Fsp3) is 0.500. The van der Waals surface area contributed by atoms with Crippen LogP contribution in [0.2, 0.25) is 0 Å². The summed E-state index contributed by atoms with van der Waals surface area (Å²) >= 11 is 0. The molecule has 0 aromatic carbocycles. The summed E-state index contributed by atoms with van der Waals surface area (Å²) in [6.07, 6.45) is 0. The van der Waals surface area contributed by atoms with Gasteiger partial charge in [0.2, 0.25) is 0 Å². The Morgan fingerprint density at radius 2 is 1.00 bits per heavy atom. The number of carboxylic acid groups (broad SMARTS) is 2. The zero-order chi connectivity index (χ0) is 8.57. The molecule has 0 saturated heterocycles. The van der Waals surface area contributed by atoms with Gasteiger partial charge in [-0.05, 0) is 0 Å². The van der Waals surface area contributed by atoms with Gasteiger partial charge in [-0.2, -0.15) is 0 Å². The van der Waals surface area contributed by atoms with E-state index in [2.05, 4.69) is 0 Å². The minimum Gasteiger partial charge on any atom is -0.548 e. The largest absolute Gasteiger partial charge is 2.00 e. The molecule has 0 atom stereocenters. The molecule has 0 bridgehead atoms. The fourth-order valence-corrected chi connectivity index (χ4v) is 0. The molecule has 0 saturated carbocycles. The number of carbonyl (C=O) groups is 2. The van der Waals surface area contributed by atoms with Crippen LogP contribution in [0.5, 0.6) is 0 Å². The van der Waals surface area contributed by atoms with Crippen molar-refractivity contribution in [2.75, 3.05) is 13.2 Å². The van der Waals surface area contributed by atoms with Crippen molar-refractivity contribution < 1.29 is 60.4 Å². The van der Waals surface area contributed by atoms with Crippen molar-refractivity contribution in [3.05, 3.63) is 0 Å². The predicted molar refractivity (Wildman–Crippen MR) is 31.4 cm³/mol. The number of carbonyl (C=O) groups excluding carboxylic acids is 2. The van der Waals surface area contributed by atoms with Crippen LogP contribution in [0.25, 0.3) is 0 Å². The van der Waals surface area contributed by atoms with E-state index >= 15 is 0 Å². The van der Waals surface area contributed by atoms with E-state index in [0.717, 1.165) is 0 Å². The van der Waals surface area contributed by atoms with E-state index in [1.165, 1.54) is 0 Å². The Morgan fingerprint density at radius 3 is 1.00 bits per heavy atom. The van der Waals surface area contributed by atoms with Crippen LogP contribution in [0.3, 0.4) is 0 Å². The molecule has 6 N–H and O–H groups in total. The first-order chi connectivity index (χ1) is 4.54. The molecule has 0 aliphatic carbocycles. The Balaban J connectivity index is -0.0000000267. The molecule has 0 aliphatic rings. The normalized spacial score (nSPS) is 5.69. The van der Waals surface area contributed by atoms with E-state index in [1.54, 1.807) is 0 Å². The van der Waals surface area contributed by atoms with E-state index in [1.807, 2.05) is 0 Å². The van der Waals surface area contributed by atoms with Crippen LogP contribution in [0.4, 0.5) is 0 Å². The van der Waals surface area contributed by atoms with Crippen molar-refractivity contribution in [3.8, 4) is 0 Å². The topological polar surface area (TPSA) is 184 Å². The summed E-state index contributed by atoms with van der Waals surface area (Å²) in [4.78, 5) is 18.0. The Labute approximate surface area is 86.2 Å². The molecule has 0 amide bonds. The van der Waals surface area contributed by atoms with Gasteiger partial charge in [0.05, 0.1) is 25.2 Å². The molecule has 0 radical (unpaired) electrons. The summed E-state index contributed by atoms with van der Waals surface area (Å²) in [5.41, 5.74) is 0. The number of aliphatic hydroxyl groups excluding tert-OH is 2. The van der Waals surface area contributed by atoms with Gasteiger partial charge in [0.25, 0.3) is 0 Å². The molecule has 0 aromatic rings. The summed E-state index contributed by atoms with van der Waals surface area (Å²) in [5, 5.41) is 33.0. The average molecular weight is 252 g/mol. The average Bonchev–Trinajstić information content (AvgIpc) is 1.89. The first-order valence-electron chi connectivity index (χ1n) is 2.16. The standard InChI is InChI=1S/2C2H4O3.2H2O.Zn/c2*3-1-2(4)5;;;/h2*3H,1H2,(H,4,5);2*1H2;/q;;;;+2/p-2. The van der Waals surface area contributed by atoms with Crippen molar-refractivity contribution in [1.82, 2.24) is 0 Å². The number of carboxylic acids is 2. The van der Waals surface area contributed by atoms with Crippen LogP contribution in [-0.4, -0.2) is 46.3 Å². The maximum atomic E-state index is 9.01.